The average Bonchev–Trinajstić information content (AvgIpc) is 3.33. The van der Waals surface area contributed by atoms with Crippen molar-refractivity contribution in [3.63, 3.8) is 0 Å². The smallest absolute Gasteiger partial charge is 0.251 e. The molecule has 0 bridgehead atoms. The topological polar surface area (TPSA) is 79.0 Å². The van der Waals surface area contributed by atoms with E-state index in [9.17, 15) is 13.2 Å². The zero-order valence-corrected chi connectivity index (χ0v) is 17.7. The molecule has 1 N–H and O–H groups in total. The first-order valence-electron chi connectivity index (χ1n) is 10.3. The Kier molecular flexibility index (Phi) is 6.36. The highest BCUT2D eigenvalue weighted by Gasteiger charge is 2.26. The number of benzene rings is 2. The van der Waals surface area contributed by atoms with E-state index in [4.69, 9.17) is 4.74 Å². The summed E-state index contributed by atoms with van der Waals surface area (Å²) in [4.78, 5) is 15.1. The predicted molar refractivity (Wildman–Crippen MR) is 115 cm³/mol. The minimum Gasteiger partial charge on any atom is -0.379 e. The van der Waals surface area contributed by atoms with E-state index in [-0.39, 0.29) is 10.8 Å². The van der Waals surface area contributed by atoms with E-state index >= 15 is 0 Å². The van der Waals surface area contributed by atoms with Crippen LogP contribution in [-0.2, 0) is 21.3 Å². The number of carbonyl (C=O) groups is 1. The number of anilines is 1. The number of nitrogens with one attached hydrogen (secondary N) is 1. The standard InChI is InChI=1S/C22H27N3O4S/c26-22(23-17-18-6-8-20(9-7-18)24-10-1-2-11-24)19-4-3-5-21(16-19)30(27,28)25-12-14-29-15-13-25/h3-9,16H,1-2,10-15,17H2,(H,23,26). The van der Waals surface area contributed by atoms with Crippen LogP contribution in [0.25, 0.3) is 0 Å². The highest BCUT2D eigenvalue weighted by Crippen LogP contribution is 2.21. The van der Waals surface area contributed by atoms with E-state index in [1.807, 2.05) is 12.1 Å². The van der Waals surface area contributed by atoms with E-state index in [0.717, 1.165) is 18.7 Å². The van der Waals surface area contributed by atoms with Crippen LogP contribution in [0.3, 0.4) is 0 Å². The Bertz CT molecular complexity index is 980. The molecular weight excluding hydrogens is 402 g/mol. The highest BCUT2D eigenvalue weighted by molar-refractivity contribution is 7.89. The molecule has 0 spiro atoms. The van der Waals surface area contributed by atoms with E-state index in [1.165, 1.54) is 35.0 Å². The van der Waals surface area contributed by atoms with E-state index in [2.05, 4.69) is 22.3 Å². The normalized spacial score (nSPS) is 17.8. The van der Waals surface area contributed by atoms with Crippen molar-refractivity contribution < 1.29 is 17.9 Å². The molecule has 0 aliphatic carbocycles. The lowest BCUT2D eigenvalue weighted by Crippen LogP contribution is -2.40. The van der Waals surface area contributed by atoms with E-state index in [1.54, 1.807) is 12.1 Å². The summed E-state index contributed by atoms with van der Waals surface area (Å²) in [5, 5.41) is 2.88. The monoisotopic (exact) mass is 429 g/mol. The molecule has 2 aliphatic heterocycles. The van der Waals surface area contributed by atoms with Crippen molar-refractivity contribution in [1.29, 1.82) is 0 Å². The number of amides is 1. The number of ether oxygens (including phenoxy) is 1. The van der Waals surface area contributed by atoms with Gasteiger partial charge in [-0.25, -0.2) is 8.42 Å². The molecule has 0 saturated carbocycles. The summed E-state index contributed by atoms with van der Waals surface area (Å²) in [6.45, 7) is 4.00. The molecule has 4 rings (SSSR count). The fraction of sp³-hybridized carbons (Fsp3) is 0.409. The van der Waals surface area contributed by atoms with Crippen LogP contribution >= 0.6 is 0 Å². The Hall–Kier alpha value is -2.42. The molecular formula is C22H27N3O4S. The minimum absolute atomic E-state index is 0.131. The molecule has 0 aromatic heterocycles. The molecule has 8 heteroatoms. The molecule has 2 aliphatic rings. The number of carbonyl (C=O) groups excluding carboxylic acids is 1. The van der Waals surface area contributed by atoms with Crippen LogP contribution in [0.1, 0.15) is 28.8 Å². The Labute approximate surface area is 177 Å². The quantitative estimate of drug-likeness (QED) is 0.762. The van der Waals surface area contributed by atoms with Crippen LogP contribution in [-0.4, -0.2) is 58.0 Å². The molecule has 1 amide bonds. The van der Waals surface area contributed by atoms with Gasteiger partial charge in [0.2, 0.25) is 10.0 Å². The second-order valence-corrected chi connectivity index (χ2v) is 9.53. The van der Waals surface area contributed by atoms with Gasteiger partial charge in [0.1, 0.15) is 0 Å². The number of morpholine rings is 1. The van der Waals surface area contributed by atoms with E-state index in [0.29, 0.717) is 38.4 Å². The van der Waals surface area contributed by atoms with Crippen molar-refractivity contribution in [2.75, 3.05) is 44.3 Å². The van der Waals surface area contributed by atoms with Crippen molar-refractivity contribution in [3.05, 3.63) is 59.7 Å². The first-order chi connectivity index (χ1) is 14.5. The van der Waals surface area contributed by atoms with Gasteiger partial charge in [0, 0.05) is 44.0 Å². The second-order valence-electron chi connectivity index (χ2n) is 7.59. The van der Waals surface area contributed by atoms with Crippen molar-refractivity contribution in [2.45, 2.75) is 24.3 Å². The lowest BCUT2D eigenvalue weighted by Gasteiger charge is -2.26. The number of sulfonamides is 1. The van der Waals surface area contributed by atoms with Gasteiger partial charge in [-0.15, -0.1) is 0 Å². The van der Waals surface area contributed by atoms with Gasteiger partial charge in [-0.1, -0.05) is 18.2 Å². The van der Waals surface area contributed by atoms with Gasteiger partial charge in [0.15, 0.2) is 0 Å². The third-order valence-electron chi connectivity index (χ3n) is 5.56. The third kappa shape index (κ3) is 4.66. The third-order valence-corrected chi connectivity index (χ3v) is 7.46. The summed E-state index contributed by atoms with van der Waals surface area (Å²) in [5.41, 5.74) is 2.55. The second kappa shape index (κ2) is 9.16. The zero-order valence-electron chi connectivity index (χ0n) is 16.9. The first kappa shape index (κ1) is 20.8. The van der Waals surface area contributed by atoms with Crippen LogP contribution in [0.5, 0.6) is 0 Å². The largest absolute Gasteiger partial charge is 0.379 e. The Balaban J connectivity index is 1.39. The zero-order chi connectivity index (χ0) is 21.0. The fourth-order valence-corrected chi connectivity index (χ4v) is 5.27. The molecule has 30 heavy (non-hydrogen) atoms. The SMILES string of the molecule is O=C(NCc1ccc(N2CCCC2)cc1)c1cccc(S(=O)(=O)N2CCOCC2)c1. The molecule has 160 valence electrons. The lowest BCUT2D eigenvalue weighted by molar-refractivity contribution is 0.0730. The maximum Gasteiger partial charge on any atom is 0.251 e. The van der Waals surface area contributed by atoms with Crippen LogP contribution in [0.2, 0.25) is 0 Å². The van der Waals surface area contributed by atoms with Crippen LogP contribution < -0.4 is 10.2 Å². The minimum atomic E-state index is -3.63. The molecule has 2 heterocycles. The van der Waals surface area contributed by atoms with Gasteiger partial charge in [-0.3, -0.25) is 4.79 Å². The van der Waals surface area contributed by atoms with Crippen molar-refractivity contribution in [3.8, 4) is 0 Å². The molecule has 2 fully saturated rings. The summed E-state index contributed by atoms with van der Waals surface area (Å²) in [5.74, 6) is -0.294. The lowest BCUT2D eigenvalue weighted by atomic mass is 10.1. The first-order valence-corrected chi connectivity index (χ1v) is 11.8. The Morgan fingerprint density at radius 3 is 2.37 bits per heavy atom. The molecule has 0 radical (unpaired) electrons. The maximum atomic E-state index is 12.8. The predicted octanol–water partition coefficient (Wildman–Crippen LogP) is 2.24. The van der Waals surface area contributed by atoms with Crippen molar-refractivity contribution in [1.82, 2.24) is 9.62 Å². The number of hydrogen-bond donors (Lipinski definition) is 1. The molecule has 0 unspecified atom stereocenters. The van der Waals surface area contributed by atoms with Crippen LogP contribution in [0.4, 0.5) is 5.69 Å². The maximum absolute atomic E-state index is 12.8. The summed E-state index contributed by atoms with van der Waals surface area (Å²) < 4.78 is 32.3. The van der Waals surface area contributed by atoms with Crippen molar-refractivity contribution >= 4 is 21.6 Å². The average molecular weight is 430 g/mol. The van der Waals surface area contributed by atoms with Crippen molar-refractivity contribution in [2.24, 2.45) is 0 Å². The van der Waals surface area contributed by atoms with Gasteiger partial charge in [0.25, 0.3) is 5.91 Å². The van der Waals surface area contributed by atoms with Crippen LogP contribution in [0.15, 0.2) is 53.4 Å². The summed E-state index contributed by atoms with van der Waals surface area (Å²) >= 11 is 0. The summed E-state index contributed by atoms with van der Waals surface area (Å²) in [7, 11) is -3.63. The fourth-order valence-electron chi connectivity index (χ4n) is 3.82. The highest BCUT2D eigenvalue weighted by atomic mass is 32.2. The Morgan fingerprint density at radius 1 is 0.967 bits per heavy atom. The molecule has 0 atom stereocenters. The number of nitrogens with zero attached hydrogens (tertiary/aromatic N) is 2. The van der Waals surface area contributed by atoms with Gasteiger partial charge in [-0.2, -0.15) is 4.31 Å². The number of rotatable bonds is 6. The van der Waals surface area contributed by atoms with E-state index < -0.39 is 10.0 Å². The molecule has 2 aromatic rings. The van der Waals surface area contributed by atoms with Gasteiger partial charge < -0.3 is 15.0 Å². The van der Waals surface area contributed by atoms with Gasteiger partial charge in [-0.05, 0) is 48.7 Å². The Morgan fingerprint density at radius 2 is 1.67 bits per heavy atom. The van der Waals surface area contributed by atoms with Gasteiger partial charge >= 0.3 is 0 Å². The summed E-state index contributed by atoms with van der Waals surface area (Å²) in [6, 6.07) is 14.4. The van der Waals surface area contributed by atoms with Crippen LogP contribution in [0, 0.1) is 0 Å². The van der Waals surface area contributed by atoms with Gasteiger partial charge in [0.05, 0.1) is 18.1 Å². The summed E-state index contributed by atoms with van der Waals surface area (Å²) in [6.07, 6.45) is 2.47. The number of hydrogen-bond acceptors (Lipinski definition) is 5. The molecule has 7 nitrogen and oxygen atoms in total. The molecule has 2 saturated heterocycles. The molecule has 2 aromatic carbocycles.